The van der Waals surface area contributed by atoms with Crippen LogP contribution in [0.2, 0.25) is 0 Å². The normalized spacial score (nSPS) is 50.6. The lowest BCUT2D eigenvalue weighted by Gasteiger charge is -2.71. The molecule has 0 bridgehead atoms. The van der Waals surface area contributed by atoms with E-state index in [1.165, 1.54) is 5.57 Å². The van der Waals surface area contributed by atoms with E-state index in [0.717, 1.165) is 56.8 Å². The standard InChI is InChI=1S/C59H90O12/c1-33-28-66-51(37(5)34(33)2)70-49-42(62)30-67-53(50(49)71-52-48(64)36(4)35(3)43(68-52)31-65-29-39-16-14-13-15-17-39)69-47-21-22-55(9)44(56(47,10)32-60)20-23-57(11)45(55)19-18-40-41-26-54(7,8)24-25-59(41,38(6)61)46(63)27-58(40,57)12/h13-18,32-37,41-53,62-64H,19-31H2,1-12H3/t33-,34+,35-,36+,37?,41?,42-,43?,44-,45?,46?,47+,48?,49+,50?,51+,52+,53+,55?,56-,57?,58-,59-/m1/s1. The number of rotatable bonds is 12. The molecule has 3 aliphatic heterocycles. The number of carbonyl (C=O) groups excluding carboxylic acids is 2. The van der Waals surface area contributed by atoms with Gasteiger partial charge in [0, 0.05) is 5.92 Å². The summed E-state index contributed by atoms with van der Waals surface area (Å²) in [7, 11) is 0. The number of aliphatic hydroxyl groups excluding tert-OH is 3. The van der Waals surface area contributed by atoms with Gasteiger partial charge >= 0.3 is 0 Å². The molecule has 3 N–H and O–H groups in total. The molecule has 9 unspecified atom stereocenters. The third-order valence-corrected chi connectivity index (χ3v) is 22.1. The SMILES string of the molecule is CC(=O)[C@]12CCC(C)(C)CC1C1=CCC3C4(C)CC[C@H](O[C@@H]5OC[C@@H](O)[C@H](O[C@@H]6OC[C@@H](C)[C@H](C)C6C)C5O[C@@H]5OC(COCc6ccccc6)[C@H](C)[C@H](C)C5O)[C@](C)(C=O)[C@@H]4CCC3(C)[C@]1(C)CC2O. The monoisotopic (exact) mass is 991 g/mol. The molecular weight excluding hydrogens is 901 g/mol. The first-order valence-corrected chi connectivity index (χ1v) is 27.6. The van der Waals surface area contributed by atoms with Crippen LogP contribution in [0.4, 0.5) is 0 Å². The Hall–Kier alpha value is -2.10. The minimum absolute atomic E-state index is 0.00704. The van der Waals surface area contributed by atoms with Gasteiger partial charge in [0.2, 0.25) is 0 Å². The fourth-order valence-corrected chi connectivity index (χ4v) is 16.7. The van der Waals surface area contributed by atoms with Crippen LogP contribution < -0.4 is 0 Å². The highest BCUT2D eigenvalue weighted by Crippen LogP contribution is 2.76. The predicted octanol–water partition coefficient (Wildman–Crippen LogP) is 9.24. The second-order valence-electron chi connectivity index (χ2n) is 26.3. The lowest BCUT2D eigenvalue weighted by Crippen LogP contribution is -2.68. The maximum Gasteiger partial charge on any atom is 0.186 e. The van der Waals surface area contributed by atoms with Gasteiger partial charge in [0.05, 0.1) is 55.6 Å². The molecule has 1 aromatic rings. The molecule has 0 amide bonds. The summed E-state index contributed by atoms with van der Waals surface area (Å²) in [6.07, 6.45) is 2.00. The van der Waals surface area contributed by atoms with E-state index in [9.17, 15) is 24.9 Å². The Morgan fingerprint density at radius 1 is 0.761 bits per heavy atom. The largest absolute Gasteiger partial charge is 0.392 e. The molecular formula is C59H90O12. The van der Waals surface area contributed by atoms with E-state index in [0.29, 0.717) is 37.9 Å². The van der Waals surface area contributed by atoms with Gasteiger partial charge in [0.15, 0.2) is 18.9 Å². The summed E-state index contributed by atoms with van der Waals surface area (Å²) < 4.78 is 46.5. The smallest absolute Gasteiger partial charge is 0.186 e. The number of fused-ring (bicyclic) bond motifs is 7. The van der Waals surface area contributed by atoms with Crippen molar-refractivity contribution in [1.82, 2.24) is 0 Å². The zero-order valence-electron chi connectivity index (χ0n) is 45.1. The van der Waals surface area contributed by atoms with Crippen molar-refractivity contribution >= 4 is 12.1 Å². The Morgan fingerprint density at radius 3 is 2.17 bits per heavy atom. The molecule has 5 aliphatic carbocycles. The Labute approximate surface area is 425 Å². The van der Waals surface area contributed by atoms with E-state index in [2.05, 4.69) is 75.3 Å². The second kappa shape index (κ2) is 19.8. The van der Waals surface area contributed by atoms with Crippen LogP contribution in [0.15, 0.2) is 42.0 Å². The van der Waals surface area contributed by atoms with Gasteiger partial charge < -0.3 is 53.3 Å². The number of benzene rings is 1. The fraction of sp³-hybridized carbons (Fsp3) is 0.831. The van der Waals surface area contributed by atoms with Gasteiger partial charge in [-0.15, -0.1) is 0 Å². The summed E-state index contributed by atoms with van der Waals surface area (Å²) in [4.78, 5) is 27.8. The minimum Gasteiger partial charge on any atom is -0.392 e. The van der Waals surface area contributed by atoms with E-state index >= 15 is 0 Å². The average molecular weight is 991 g/mol. The van der Waals surface area contributed by atoms with Crippen LogP contribution in [-0.4, -0.2) is 109 Å². The molecule has 4 saturated carbocycles. The average Bonchev–Trinajstić information content (AvgIpc) is 3.32. The number of ether oxygens (including phenoxy) is 7. The fourth-order valence-electron chi connectivity index (χ4n) is 16.7. The third-order valence-electron chi connectivity index (χ3n) is 22.1. The number of hydrogen-bond acceptors (Lipinski definition) is 12. The lowest BCUT2D eigenvalue weighted by atomic mass is 9.33. The number of ketones is 1. The van der Waals surface area contributed by atoms with Crippen LogP contribution in [0, 0.1) is 79.8 Å². The van der Waals surface area contributed by atoms with Gasteiger partial charge in [0.1, 0.15) is 36.5 Å². The van der Waals surface area contributed by atoms with Crippen molar-refractivity contribution in [2.75, 3.05) is 19.8 Å². The minimum atomic E-state index is -1.13. The molecule has 0 aromatic heterocycles. The van der Waals surface area contributed by atoms with Gasteiger partial charge in [0.25, 0.3) is 0 Å². The number of carbonyl (C=O) groups is 2. The van der Waals surface area contributed by atoms with Crippen molar-refractivity contribution in [2.24, 2.45) is 79.8 Å². The molecule has 7 fully saturated rings. The van der Waals surface area contributed by atoms with Crippen molar-refractivity contribution in [3.63, 3.8) is 0 Å². The Balaban J connectivity index is 0.991. The quantitative estimate of drug-likeness (QED) is 0.104. The van der Waals surface area contributed by atoms with Crippen LogP contribution in [0.1, 0.15) is 146 Å². The second-order valence-corrected chi connectivity index (χ2v) is 26.3. The maximum absolute atomic E-state index is 14.0. The third kappa shape index (κ3) is 8.91. The Morgan fingerprint density at radius 2 is 1.46 bits per heavy atom. The molecule has 12 heteroatoms. The molecule has 23 atom stereocenters. The topological polar surface area (TPSA) is 159 Å². The van der Waals surface area contributed by atoms with Gasteiger partial charge in [-0.2, -0.15) is 0 Å². The lowest BCUT2D eigenvalue weighted by molar-refractivity contribution is -0.376. The zero-order valence-corrected chi connectivity index (χ0v) is 45.1. The van der Waals surface area contributed by atoms with Gasteiger partial charge in [-0.1, -0.05) is 118 Å². The zero-order chi connectivity index (χ0) is 51.2. The van der Waals surface area contributed by atoms with Crippen LogP contribution in [-0.2, 0) is 49.4 Å². The number of hydrogen-bond donors (Lipinski definition) is 3. The molecule has 8 aliphatic rings. The molecule has 3 heterocycles. The van der Waals surface area contributed by atoms with E-state index in [1.54, 1.807) is 6.92 Å². The van der Waals surface area contributed by atoms with E-state index in [-0.39, 0.29) is 76.2 Å². The van der Waals surface area contributed by atoms with Crippen LogP contribution in [0.5, 0.6) is 0 Å². The summed E-state index contributed by atoms with van der Waals surface area (Å²) in [5.74, 6) is 0.702. The summed E-state index contributed by atoms with van der Waals surface area (Å²) in [5.41, 5.74) is 0.127. The molecule has 3 saturated heterocycles. The van der Waals surface area contributed by atoms with Crippen LogP contribution in [0.3, 0.4) is 0 Å². The number of Topliss-reactive ketones (excluding diaryl/α,β-unsaturated/α-hetero) is 1. The van der Waals surface area contributed by atoms with E-state index in [4.69, 9.17) is 33.2 Å². The first-order chi connectivity index (χ1) is 33.5. The van der Waals surface area contributed by atoms with Crippen LogP contribution >= 0.6 is 0 Å². The first kappa shape index (κ1) is 53.7. The molecule has 0 spiro atoms. The van der Waals surface area contributed by atoms with Crippen molar-refractivity contribution in [1.29, 1.82) is 0 Å². The van der Waals surface area contributed by atoms with E-state index < -0.39 is 72.4 Å². The summed E-state index contributed by atoms with van der Waals surface area (Å²) in [5, 5.41) is 36.0. The molecule has 71 heavy (non-hydrogen) atoms. The molecule has 398 valence electrons. The molecule has 12 nitrogen and oxygen atoms in total. The van der Waals surface area contributed by atoms with Gasteiger partial charge in [-0.3, -0.25) is 4.79 Å². The van der Waals surface area contributed by atoms with Crippen molar-refractivity contribution in [3.05, 3.63) is 47.5 Å². The van der Waals surface area contributed by atoms with E-state index in [1.807, 2.05) is 37.3 Å². The molecule has 0 radical (unpaired) electrons. The van der Waals surface area contributed by atoms with Crippen LogP contribution in [0.25, 0.3) is 0 Å². The highest BCUT2D eigenvalue weighted by Gasteiger charge is 2.71. The number of aliphatic hydroxyl groups is 3. The van der Waals surface area contributed by atoms with Gasteiger partial charge in [-0.25, -0.2) is 0 Å². The van der Waals surface area contributed by atoms with Crippen molar-refractivity contribution in [3.8, 4) is 0 Å². The maximum atomic E-state index is 14.0. The summed E-state index contributed by atoms with van der Waals surface area (Å²) in [6.45, 7) is 27.3. The molecule has 1 aromatic carbocycles. The number of aldehydes is 1. The van der Waals surface area contributed by atoms with Gasteiger partial charge in [-0.05, 0) is 133 Å². The summed E-state index contributed by atoms with van der Waals surface area (Å²) >= 11 is 0. The molecule has 9 rings (SSSR count). The first-order valence-electron chi connectivity index (χ1n) is 27.6. The summed E-state index contributed by atoms with van der Waals surface area (Å²) in [6, 6.07) is 9.98. The Bertz CT molecular complexity index is 2100. The highest BCUT2D eigenvalue weighted by atomic mass is 16.8. The van der Waals surface area contributed by atoms with Crippen molar-refractivity contribution < 1.29 is 58.1 Å². The Kier molecular flexibility index (Phi) is 15.0. The highest BCUT2D eigenvalue weighted by molar-refractivity contribution is 5.84. The number of allylic oxidation sites excluding steroid dienone is 2. The predicted molar refractivity (Wildman–Crippen MR) is 268 cm³/mol. The van der Waals surface area contributed by atoms with Crippen molar-refractivity contribution in [2.45, 2.75) is 209 Å².